The first-order valence-corrected chi connectivity index (χ1v) is 10.9. The molecule has 3 N–H and O–H groups in total. The summed E-state index contributed by atoms with van der Waals surface area (Å²) in [6, 6.07) is 12.8. The third-order valence-electron chi connectivity index (χ3n) is 4.98. The number of halogens is 1. The van der Waals surface area contributed by atoms with Crippen molar-refractivity contribution in [3.05, 3.63) is 75.4 Å². The highest BCUT2D eigenvalue weighted by Gasteiger charge is 2.20. The summed E-state index contributed by atoms with van der Waals surface area (Å²) in [6.45, 7) is 1.76. The number of nitrogens with two attached hydrogens (primary N) is 1. The van der Waals surface area contributed by atoms with Gasteiger partial charge >= 0.3 is 0 Å². The van der Waals surface area contributed by atoms with Crippen molar-refractivity contribution < 1.29 is 14.6 Å². The summed E-state index contributed by atoms with van der Waals surface area (Å²) >= 11 is 7.76. The Hall–Kier alpha value is -3.38. The zero-order valence-electron chi connectivity index (χ0n) is 17.1. The number of carbonyl (C=O) groups is 1. The number of hydrogen-bond acceptors (Lipinski definition) is 6. The van der Waals surface area contributed by atoms with Gasteiger partial charge < -0.3 is 15.6 Å². The molecule has 7 nitrogen and oxygen atoms in total. The summed E-state index contributed by atoms with van der Waals surface area (Å²) in [5, 5.41) is 19.0. The quantitative estimate of drug-likeness (QED) is 0.422. The molecule has 3 aromatic heterocycles. The van der Waals surface area contributed by atoms with Gasteiger partial charge in [0.2, 0.25) is 5.91 Å². The number of nitrogens with zero attached hydrogens (tertiary/aromatic N) is 3. The summed E-state index contributed by atoms with van der Waals surface area (Å²) in [5.74, 6) is 0.0659. The van der Waals surface area contributed by atoms with Gasteiger partial charge in [0, 0.05) is 22.8 Å². The number of carbonyl (C=O) groups excluding carboxylic acids is 1. The fraction of sp³-hybridized carbons (Fsp3) is 0.174. The van der Waals surface area contributed by atoms with E-state index < -0.39 is 12.0 Å². The highest BCUT2D eigenvalue weighted by molar-refractivity contribution is 7.15. The first-order chi connectivity index (χ1) is 15.4. The molecular weight excluding hydrogens is 448 g/mol. The minimum absolute atomic E-state index is 0.0318. The van der Waals surface area contributed by atoms with Crippen LogP contribution in [0.25, 0.3) is 16.2 Å². The molecule has 0 aliphatic rings. The average molecular weight is 467 g/mol. The fourth-order valence-electron chi connectivity index (χ4n) is 3.40. The van der Waals surface area contributed by atoms with Gasteiger partial charge in [0.05, 0.1) is 40.2 Å². The molecule has 0 aliphatic carbocycles. The lowest BCUT2D eigenvalue weighted by molar-refractivity contribution is -0.117. The van der Waals surface area contributed by atoms with E-state index >= 15 is 0 Å². The lowest BCUT2D eigenvalue weighted by Crippen LogP contribution is -2.14. The Balaban J connectivity index is 1.72. The number of fused-ring (bicyclic) bond motifs is 1. The molecular formula is C23H19ClN4O3S. The molecule has 4 rings (SSSR count). The molecule has 1 aromatic carbocycles. The predicted molar refractivity (Wildman–Crippen MR) is 123 cm³/mol. The van der Waals surface area contributed by atoms with Crippen LogP contribution in [0.15, 0.2) is 48.8 Å². The van der Waals surface area contributed by atoms with Gasteiger partial charge in [-0.2, -0.15) is 5.26 Å². The molecule has 0 unspecified atom stereocenters. The molecule has 1 amide bonds. The number of hydrogen-bond donors (Lipinski definition) is 2. The highest BCUT2D eigenvalue weighted by Crippen LogP contribution is 2.39. The zero-order valence-corrected chi connectivity index (χ0v) is 18.7. The van der Waals surface area contributed by atoms with Crippen molar-refractivity contribution in [2.24, 2.45) is 5.73 Å². The second kappa shape index (κ2) is 9.01. The Bertz CT molecular complexity index is 1360. The second-order valence-electron chi connectivity index (χ2n) is 7.22. The number of rotatable bonds is 7. The van der Waals surface area contributed by atoms with Crippen LogP contribution >= 0.6 is 22.9 Å². The van der Waals surface area contributed by atoms with Crippen LogP contribution in [0.3, 0.4) is 0 Å². The molecule has 0 radical (unpaired) electrons. The summed E-state index contributed by atoms with van der Waals surface area (Å²) in [7, 11) is 0. The maximum Gasteiger partial charge on any atom is 0.222 e. The lowest BCUT2D eigenvalue weighted by atomic mass is 10.1. The Kier molecular flexibility index (Phi) is 6.15. The van der Waals surface area contributed by atoms with Crippen LogP contribution < -0.4 is 10.5 Å². The molecule has 9 heteroatoms. The Morgan fingerprint density at radius 2 is 2.19 bits per heavy atom. The van der Waals surface area contributed by atoms with E-state index in [0.29, 0.717) is 32.4 Å². The lowest BCUT2D eigenvalue weighted by Gasteiger charge is -2.17. The van der Waals surface area contributed by atoms with E-state index in [4.69, 9.17) is 22.1 Å². The molecule has 0 aliphatic heterocycles. The smallest absolute Gasteiger partial charge is 0.222 e. The minimum atomic E-state index is -0.467. The first kappa shape index (κ1) is 21.8. The van der Waals surface area contributed by atoms with E-state index in [2.05, 4.69) is 11.1 Å². The van der Waals surface area contributed by atoms with Gasteiger partial charge in [-0.05, 0) is 30.7 Å². The maximum absolute atomic E-state index is 11.7. The van der Waals surface area contributed by atoms with Crippen molar-refractivity contribution in [2.45, 2.75) is 26.1 Å². The number of ether oxygens (including phenoxy) is 1. The van der Waals surface area contributed by atoms with Crippen LogP contribution in [-0.4, -0.2) is 20.4 Å². The first-order valence-electron chi connectivity index (χ1n) is 9.74. The number of primary amides is 1. The van der Waals surface area contributed by atoms with Crippen molar-refractivity contribution in [3.8, 4) is 22.4 Å². The minimum Gasteiger partial charge on any atom is -0.485 e. The van der Waals surface area contributed by atoms with Crippen LogP contribution in [0.2, 0.25) is 5.02 Å². The van der Waals surface area contributed by atoms with E-state index in [1.807, 2.05) is 23.5 Å². The van der Waals surface area contributed by atoms with Crippen LogP contribution in [-0.2, 0) is 17.8 Å². The standard InChI is InChI=1S/C23H19ClN4O3S/c1-13(16-4-2-14(12-29)6-17(16)24)31-19-7-20(32-21(19)8-22(26)30)18-10-27-23-5-3-15(9-25)11-28(18)23/h2-7,10-11,13,29H,8,12H2,1H3,(H2,26,30)/t13-/m1/s1. The Morgan fingerprint density at radius 1 is 1.38 bits per heavy atom. The molecule has 0 spiro atoms. The molecule has 0 saturated carbocycles. The topological polar surface area (TPSA) is 114 Å². The highest BCUT2D eigenvalue weighted by atomic mass is 35.5. The van der Waals surface area contributed by atoms with Crippen molar-refractivity contribution in [2.75, 3.05) is 0 Å². The molecule has 0 fully saturated rings. The number of aromatic nitrogens is 2. The van der Waals surface area contributed by atoms with Gasteiger partial charge in [0.25, 0.3) is 0 Å². The zero-order chi connectivity index (χ0) is 22.8. The molecule has 0 saturated heterocycles. The monoisotopic (exact) mass is 466 g/mol. The van der Waals surface area contributed by atoms with Gasteiger partial charge in [-0.3, -0.25) is 9.20 Å². The van der Waals surface area contributed by atoms with E-state index in [1.54, 1.807) is 36.7 Å². The number of amides is 1. The van der Waals surface area contributed by atoms with Crippen LogP contribution in [0.4, 0.5) is 0 Å². The van der Waals surface area contributed by atoms with Crippen molar-refractivity contribution in [3.63, 3.8) is 0 Å². The molecule has 4 aromatic rings. The van der Waals surface area contributed by atoms with E-state index in [-0.39, 0.29) is 13.0 Å². The third-order valence-corrected chi connectivity index (χ3v) is 6.45. The number of imidazole rings is 1. The maximum atomic E-state index is 11.7. The van der Waals surface area contributed by atoms with Crippen molar-refractivity contribution >= 4 is 34.5 Å². The SMILES string of the molecule is C[C@@H](Oc1cc(-c2cnc3ccc(C#N)cn23)sc1CC(N)=O)c1ccc(CO)cc1Cl. The van der Waals surface area contributed by atoms with Gasteiger partial charge in [-0.25, -0.2) is 4.98 Å². The normalized spacial score (nSPS) is 11.9. The number of pyridine rings is 1. The van der Waals surface area contributed by atoms with E-state index in [0.717, 1.165) is 16.1 Å². The number of aliphatic hydroxyl groups is 1. The second-order valence-corrected chi connectivity index (χ2v) is 8.76. The van der Waals surface area contributed by atoms with Crippen LogP contribution in [0.5, 0.6) is 5.75 Å². The molecule has 32 heavy (non-hydrogen) atoms. The summed E-state index contributed by atoms with van der Waals surface area (Å²) in [6.07, 6.45) is 3.06. The van der Waals surface area contributed by atoms with Crippen LogP contribution in [0, 0.1) is 11.3 Å². The molecule has 0 bridgehead atoms. The Labute approximate surface area is 193 Å². The molecule has 3 heterocycles. The Morgan fingerprint density at radius 3 is 2.88 bits per heavy atom. The number of aliphatic hydroxyl groups excluding tert-OH is 1. The summed E-state index contributed by atoms with van der Waals surface area (Å²) < 4.78 is 8.03. The number of nitriles is 1. The largest absolute Gasteiger partial charge is 0.485 e. The van der Waals surface area contributed by atoms with Gasteiger partial charge in [-0.15, -0.1) is 11.3 Å². The molecule has 1 atom stereocenters. The summed E-state index contributed by atoms with van der Waals surface area (Å²) in [4.78, 5) is 17.6. The van der Waals surface area contributed by atoms with Crippen molar-refractivity contribution in [1.82, 2.24) is 9.38 Å². The van der Waals surface area contributed by atoms with E-state index in [1.165, 1.54) is 11.3 Å². The average Bonchev–Trinajstić information content (AvgIpc) is 3.36. The van der Waals surface area contributed by atoms with Crippen LogP contribution in [0.1, 0.15) is 34.6 Å². The van der Waals surface area contributed by atoms with Gasteiger partial charge in [0.1, 0.15) is 23.6 Å². The van der Waals surface area contributed by atoms with Gasteiger partial charge in [-0.1, -0.05) is 23.7 Å². The fourth-order valence-corrected chi connectivity index (χ4v) is 4.87. The number of benzene rings is 1. The van der Waals surface area contributed by atoms with Gasteiger partial charge in [0.15, 0.2) is 0 Å². The predicted octanol–water partition coefficient (Wildman–Crippen LogP) is 4.25. The van der Waals surface area contributed by atoms with Crippen molar-refractivity contribution in [1.29, 1.82) is 5.26 Å². The molecule has 162 valence electrons. The van der Waals surface area contributed by atoms with E-state index in [9.17, 15) is 15.2 Å². The third kappa shape index (κ3) is 4.32. The summed E-state index contributed by atoms with van der Waals surface area (Å²) in [5.41, 5.74) is 8.92. The number of thiophene rings is 1.